The van der Waals surface area contributed by atoms with Gasteiger partial charge >= 0.3 is 0 Å². The maximum Gasteiger partial charge on any atom is 0.153 e. The van der Waals surface area contributed by atoms with Crippen LogP contribution in [-0.4, -0.2) is 27.2 Å². The number of hydrogen-bond donors (Lipinski definition) is 2. The van der Waals surface area contributed by atoms with E-state index in [1.807, 2.05) is 0 Å². The van der Waals surface area contributed by atoms with Gasteiger partial charge in [-0.05, 0) is 5.21 Å². The van der Waals surface area contributed by atoms with Crippen molar-refractivity contribution in [2.24, 2.45) is 0 Å². The molecule has 9 heavy (non-hydrogen) atoms. The minimum absolute atomic E-state index is 0.140. The fourth-order valence-electron chi connectivity index (χ4n) is 0.416. The molecule has 0 bridgehead atoms. The van der Waals surface area contributed by atoms with Gasteiger partial charge in [0.1, 0.15) is 6.73 Å². The number of nitrogens with one attached hydrogen (secondary N) is 1. The topological polar surface area (TPSA) is 70.9 Å². The first-order chi connectivity index (χ1) is 4.43. The monoisotopic (exact) mass is 126 g/mol. The van der Waals surface area contributed by atoms with Gasteiger partial charge in [0.05, 0.1) is 6.20 Å². The summed E-state index contributed by atoms with van der Waals surface area (Å²) in [4.78, 5) is 0. The van der Waals surface area contributed by atoms with Gasteiger partial charge in [-0.25, -0.2) is 0 Å². The van der Waals surface area contributed by atoms with Crippen molar-refractivity contribution in [1.29, 1.82) is 0 Å². The van der Waals surface area contributed by atoms with E-state index in [2.05, 4.69) is 20.7 Å². The molecule has 2 N–H and O–H groups in total. The maximum absolute atomic E-state index is 8.32. The molecule has 0 radical (unpaired) electrons. The van der Waals surface area contributed by atoms with E-state index >= 15 is 0 Å². The number of nitrogens with zero attached hydrogens (tertiary/aromatic N) is 3. The lowest BCUT2D eigenvalue weighted by molar-refractivity contribution is 0.325. The second kappa shape index (κ2) is 2.93. The van der Waals surface area contributed by atoms with Crippen LogP contribution in [0.5, 0.6) is 0 Å². The number of aromatic nitrogens is 3. The minimum Gasteiger partial charge on any atom is -0.377 e. The zero-order chi connectivity index (χ0) is 6.53. The summed E-state index contributed by atoms with van der Waals surface area (Å²) >= 11 is 0. The van der Waals surface area contributed by atoms with Gasteiger partial charge < -0.3 is 10.4 Å². The highest BCUT2D eigenvalue weighted by molar-refractivity contribution is 5.29. The van der Waals surface area contributed by atoms with E-state index in [1.54, 1.807) is 6.07 Å². The molecule has 0 atom stereocenters. The number of rotatable bonds is 2. The van der Waals surface area contributed by atoms with E-state index in [9.17, 15) is 0 Å². The standard InChI is InChI=1S/C4H6N4O/c9-3-5-4-1-2-6-8-7-4/h1-2,9H,3H2,(H,5,6,7). The molecular formula is C4H6N4O. The molecule has 5 heteroatoms. The molecule has 0 unspecified atom stereocenters. The van der Waals surface area contributed by atoms with Crippen LogP contribution in [0.3, 0.4) is 0 Å². The Hall–Kier alpha value is -1.23. The summed E-state index contributed by atoms with van der Waals surface area (Å²) in [6, 6.07) is 1.61. The van der Waals surface area contributed by atoms with Crippen LogP contribution in [0.15, 0.2) is 12.3 Å². The Morgan fingerprint density at radius 3 is 3.11 bits per heavy atom. The summed E-state index contributed by atoms with van der Waals surface area (Å²) < 4.78 is 0. The summed E-state index contributed by atoms with van der Waals surface area (Å²) in [6.45, 7) is -0.140. The molecule has 1 rings (SSSR count). The van der Waals surface area contributed by atoms with Crippen LogP contribution >= 0.6 is 0 Å². The van der Waals surface area contributed by atoms with E-state index in [0.29, 0.717) is 5.82 Å². The van der Waals surface area contributed by atoms with Crippen molar-refractivity contribution in [3.8, 4) is 0 Å². The van der Waals surface area contributed by atoms with Gasteiger partial charge in [0.2, 0.25) is 0 Å². The predicted molar refractivity (Wildman–Crippen MR) is 30.5 cm³/mol. The number of hydrogen-bond acceptors (Lipinski definition) is 5. The smallest absolute Gasteiger partial charge is 0.153 e. The Morgan fingerprint density at radius 2 is 2.56 bits per heavy atom. The summed E-state index contributed by atoms with van der Waals surface area (Å²) in [5.74, 6) is 0.521. The molecule has 0 aromatic carbocycles. The summed E-state index contributed by atoms with van der Waals surface area (Å²) in [6.07, 6.45) is 1.49. The van der Waals surface area contributed by atoms with Crippen LogP contribution in [0.25, 0.3) is 0 Å². The highest BCUT2D eigenvalue weighted by Gasteiger charge is 1.86. The average molecular weight is 126 g/mol. The molecular weight excluding hydrogens is 120 g/mol. The fourth-order valence-corrected chi connectivity index (χ4v) is 0.416. The molecule has 0 aliphatic heterocycles. The van der Waals surface area contributed by atoms with Crippen molar-refractivity contribution >= 4 is 5.82 Å². The molecule has 1 heterocycles. The van der Waals surface area contributed by atoms with Crippen LogP contribution in [0.4, 0.5) is 5.82 Å². The van der Waals surface area contributed by atoms with E-state index in [4.69, 9.17) is 5.11 Å². The van der Waals surface area contributed by atoms with Gasteiger partial charge in [0, 0.05) is 6.07 Å². The van der Waals surface area contributed by atoms with Crippen molar-refractivity contribution < 1.29 is 5.11 Å². The first-order valence-electron chi connectivity index (χ1n) is 2.42. The van der Waals surface area contributed by atoms with Crippen molar-refractivity contribution in [2.45, 2.75) is 0 Å². The Bertz CT molecular complexity index is 165. The van der Waals surface area contributed by atoms with E-state index < -0.39 is 0 Å². The molecule has 0 fully saturated rings. The predicted octanol–water partition coefficient (Wildman–Crippen LogP) is -0.767. The van der Waals surface area contributed by atoms with E-state index in [-0.39, 0.29) is 6.73 Å². The highest BCUT2D eigenvalue weighted by atomic mass is 16.3. The van der Waals surface area contributed by atoms with Crippen molar-refractivity contribution in [2.75, 3.05) is 12.0 Å². The molecule has 1 aromatic rings. The van der Waals surface area contributed by atoms with Gasteiger partial charge in [-0.2, -0.15) is 0 Å². The van der Waals surface area contributed by atoms with E-state index in [0.717, 1.165) is 0 Å². The summed E-state index contributed by atoms with van der Waals surface area (Å²) in [5, 5.41) is 21.2. The SMILES string of the molecule is OCNc1ccnnn1. The Kier molecular flexibility index (Phi) is 1.92. The third-order valence-corrected chi connectivity index (χ3v) is 0.763. The quantitative estimate of drug-likeness (QED) is 0.509. The lowest BCUT2D eigenvalue weighted by Gasteiger charge is -1.95. The molecule has 0 amide bonds. The van der Waals surface area contributed by atoms with Gasteiger partial charge in [-0.15, -0.1) is 10.2 Å². The largest absolute Gasteiger partial charge is 0.377 e. The summed E-state index contributed by atoms with van der Waals surface area (Å²) in [7, 11) is 0. The molecule has 0 aliphatic carbocycles. The van der Waals surface area contributed by atoms with Gasteiger partial charge in [0.15, 0.2) is 5.82 Å². The average Bonchev–Trinajstić information content (AvgIpc) is 1.91. The molecule has 0 spiro atoms. The molecule has 5 nitrogen and oxygen atoms in total. The Balaban J connectivity index is 2.61. The van der Waals surface area contributed by atoms with Gasteiger partial charge in [0.25, 0.3) is 0 Å². The van der Waals surface area contributed by atoms with E-state index in [1.165, 1.54) is 6.20 Å². The Labute approximate surface area is 51.7 Å². The zero-order valence-electron chi connectivity index (χ0n) is 4.65. The third kappa shape index (κ3) is 1.61. The molecule has 0 saturated carbocycles. The normalized spacial score (nSPS) is 9.00. The highest BCUT2D eigenvalue weighted by Crippen LogP contribution is 1.92. The molecule has 0 aliphatic rings. The van der Waals surface area contributed by atoms with Gasteiger partial charge in [-0.3, -0.25) is 0 Å². The molecule has 0 saturated heterocycles. The maximum atomic E-state index is 8.32. The minimum atomic E-state index is -0.140. The number of anilines is 1. The first-order valence-corrected chi connectivity index (χ1v) is 2.42. The van der Waals surface area contributed by atoms with Crippen LogP contribution in [0.2, 0.25) is 0 Å². The van der Waals surface area contributed by atoms with Crippen LogP contribution in [0.1, 0.15) is 0 Å². The third-order valence-electron chi connectivity index (χ3n) is 0.763. The Morgan fingerprint density at radius 1 is 1.67 bits per heavy atom. The van der Waals surface area contributed by atoms with Crippen molar-refractivity contribution in [3.63, 3.8) is 0 Å². The second-order valence-corrected chi connectivity index (χ2v) is 1.34. The lowest BCUT2D eigenvalue weighted by atomic mass is 10.6. The van der Waals surface area contributed by atoms with Gasteiger partial charge in [-0.1, -0.05) is 0 Å². The first kappa shape index (κ1) is 5.90. The van der Waals surface area contributed by atoms with Crippen LogP contribution < -0.4 is 5.32 Å². The van der Waals surface area contributed by atoms with Crippen molar-refractivity contribution in [3.05, 3.63) is 12.3 Å². The van der Waals surface area contributed by atoms with Crippen LogP contribution in [0, 0.1) is 0 Å². The number of aliphatic hydroxyl groups excluding tert-OH is 1. The number of aliphatic hydroxyl groups is 1. The lowest BCUT2D eigenvalue weighted by Crippen LogP contribution is -2.02. The van der Waals surface area contributed by atoms with Crippen LogP contribution in [-0.2, 0) is 0 Å². The fraction of sp³-hybridized carbons (Fsp3) is 0.250. The molecule has 48 valence electrons. The summed E-state index contributed by atoms with van der Waals surface area (Å²) in [5.41, 5.74) is 0. The molecule has 1 aromatic heterocycles. The second-order valence-electron chi connectivity index (χ2n) is 1.34. The zero-order valence-corrected chi connectivity index (χ0v) is 4.65. The van der Waals surface area contributed by atoms with Crippen molar-refractivity contribution in [1.82, 2.24) is 15.4 Å².